The van der Waals surface area contributed by atoms with E-state index < -0.39 is 0 Å². The van der Waals surface area contributed by atoms with Crippen LogP contribution in [0.3, 0.4) is 0 Å². The zero-order valence-electron chi connectivity index (χ0n) is 16.4. The Kier molecular flexibility index (Phi) is 8.37. The lowest BCUT2D eigenvalue weighted by molar-refractivity contribution is -0.132. The van der Waals surface area contributed by atoms with E-state index in [1.165, 1.54) is 6.42 Å². The lowest BCUT2D eigenvalue weighted by Gasteiger charge is -2.30. The van der Waals surface area contributed by atoms with Crippen LogP contribution in [0.4, 0.5) is 0 Å². The van der Waals surface area contributed by atoms with E-state index in [2.05, 4.69) is 39.7 Å². The standard InChI is InChI=1S/C18H33N7O/c1-4-16-23-22-14-25(16)12-10-21-18(19-5-2)20-9-8-17(26)24-11-6-7-15(3)13-24/h14-15H,4-13H2,1-3H3,(H2,19,20,21). The van der Waals surface area contributed by atoms with Gasteiger partial charge in [-0.2, -0.15) is 0 Å². The molecular formula is C18H33N7O. The number of amides is 1. The lowest BCUT2D eigenvalue weighted by Crippen LogP contribution is -2.40. The zero-order chi connectivity index (χ0) is 18.8. The Morgan fingerprint density at radius 1 is 1.38 bits per heavy atom. The van der Waals surface area contributed by atoms with E-state index in [1.807, 2.05) is 16.4 Å². The van der Waals surface area contributed by atoms with E-state index in [0.717, 1.165) is 57.3 Å². The molecule has 0 aromatic carbocycles. The van der Waals surface area contributed by atoms with Crippen molar-refractivity contribution in [1.29, 1.82) is 0 Å². The Bertz CT molecular complexity index is 584. The largest absolute Gasteiger partial charge is 0.357 e. The van der Waals surface area contributed by atoms with Crippen LogP contribution < -0.4 is 10.6 Å². The van der Waals surface area contributed by atoms with E-state index in [0.29, 0.717) is 18.9 Å². The fourth-order valence-electron chi connectivity index (χ4n) is 3.21. The first kappa shape index (κ1) is 20.2. The molecule has 0 bridgehead atoms. The molecule has 1 saturated heterocycles. The molecular weight excluding hydrogens is 330 g/mol. The van der Waals surface area contributed by atoms with Crippen molar-refractivity contribution in [2.75, 3.05) is 32.7 Å². The summed E-state index contributed by atoms with van der Waals surface area (Å²) in [6.45, 7) is 10.9. The SMILES string of the molecule is CCNC(=NCCC(=O)N1CCCC(C)C1)NCCn1cnnc1CC. The molecule has 1 aliphatic heterocycles. The Hall–Kier alpha value is -2.12. The molecule has 146 valence electrons. The van der Waals surface area contributed by atoms with Crippen LogP contribution in [-0.2, 0) is 17.8 Å². The molecule has 26 heavy (non-hydrogen) atoms. The summed E-state index contributed by atoms with van der Waals surface area (Å²) in [6.07, 6.45) is 5.43. The summed E-state index contributed by atoms with van der Waals surface area (Å²) in [7, 11) is 0. The van der Waals surface area contributed by atoms with Crippen LogP contribution in [0, 0.1) is 5.92 Å². The van der Waals surface area contributed by atoms with Crippen LogP contribution in [0.2, 0.25) is 0 Å². The number of aliphatic imine (C=N–C) groups is 1. The predicted molar refractivity (Wildman–Crippen MR) is 103 cm³/mol. The summed E-state index contributed by atoms with van der Waals surface area (Å²) in [5, 5.41) is 14.6. The number of piperidine rings is 1. The second kappa shape index (κ2) is 10.8. The molecule has 1 fully saturated rings. The van der Waals surface area contributed by atoms with Crippen molar-refractivity contribution in [2.24, 2.45) is 10.9 Å². The number of hydrogen-bond acceptors (Lipinski definition) is 4. The number of guanidine groups is 1. The molecule has 1 aromatic rings. The van der Waals surface area contributed by atoms with Gasteiger partial charge in [0, 0.05) is 45.6 Å². The minimum Gasteiger partial charge on any atom is -0.357 e. The Labute approximate surface area is 156 Å². The highest BCUT2D eigenvalue weighted by Gasteiger charge is 2.20. The molecule has 0 spiro atoms. The number of nitrogens with zero attached hydrogens (tertiary/aromatic N) is 5. The third-order valence-electron chi connectivity index (χ3n) is 4.61. The molecule has 1 unspecified atom stereocenters. The van der Waals surface area contributed by atoms with Crippen LogP contribution in [0.15, 0.2) is 11.3 Å². The first-order valence-electron chi connectivity index (χ1n) is 9.80. The molecule has 1 aromatic heterocycles. The molecule has 8 heteroatoms. The molecule has 0 saturated carbocycles. The summed E-state index contributed by atoms with van der Waals surface area (Å²) in [4.78, 5) is 18.8. The molecule has 2 rings (SSSR count). The van der Waals surface area contributed by atoms with E-state index >= 15 is 0 Å². The van der Waals surface area contributed by atoms with Gasteiger partial charge in [-0.05, 0) is 25.7 Å². The smallest absolute Gasteiger partial charge is 0.224 e. The van der Waals surface area contributed by atoms with Gasteiger partial charge in [0.2, 0.25) is 5.91 Å². The molecule has 0 aliphatic carbocycles. The van der Waals surface area contributed by atoms with Crippen LogP contribution in [0.25, 0.3) is 0 Å². The van der Waals surface area contributed by atoms with Gasteiger partial charge in [-0.15, -0.1) is 10.2 Å². The zero-order valence-corrected chi connectivity index (χ0v) is 16.4. The van der Waals surface area contributed by atoms with Gasteiger partial charge in [-0.25, -0.2) is 0 Å². The maximum Gasteiger partial charge on any atom is 0.224 e. The van der Waals surface area contributed by atoms with E-state index in [-0.39, 0.29) is 5.91 Å². The number of nitrogens with one attached hydrogen (secondary N) is 2. The van der Waals surface area contributed by atoms with Gasteiger partial charge in [-0.3, -0.25) is 9.79 Å². The van der Waals surface area contributed by atoms with Crippen LogP contribution in [0.5, 0.6) is 0 Å². The van der Waals surface area contributed by atoms with Crippen molar-refractivity contribution in [3.63, 3.8) is 0 Å². The third-order valence-corrected chi connectivity index (χ3v) is 4.61. The van der Waals surface area contributed by atoms with Gasteiger partial charge in [0.1, 0.15) is 12.2 Å². The molecule has 1 aliphatic rings. The highest BCUT2D eigenvalue weighted by Crippen LogP contribution is 2.16. The summed E-state index contributed by atoms with van der Waals surface area (Å²) in [6, 6.07) is 0. The normalized spacial score (nSPS) is 18.0. The molecule has 8 nitrogen and oxygen atoms in total. The summed E-state index contributed by atoms with van der Waals surface area (Å²) in [5.41, 5.74) is 0. The molecule has 2 heterocycles. The second-order valence-corrected chi connectivity index (χ2v) is 6.82. The lowest BCUT2D eigenvalue weighted by atomic mass is 10.00. The first-order chi connectivity index (χ1) is 12.6. The number of aromatic nitrogens is 3. The molecule has 2 N–H and O–H groups in total. The quantitative estimate of drug-likeness (QED) is 0.532. The number of carbonyl (C=O) groups is 1. The maximum atomic E-state index is 12.3. The summed E-state index contributed by atoms with van der Waals surface area (Å²) in [5.74, 6) is 2.56. The number of carbonyl (C=O) groups excluding carboxylic acids is 1. The minimum absolute atomic E-state index is 0.216. The maximum absolute atomic E-state index is 12.3. The van der Waals surface area contributed by atoms with Gasteiger partial charge in [0.05, 0.1) is 6.54 Å². The number of rotatable bonds is 8. The Balaban J connectivity index is 1.75. The van der Waals surface area contributed by atoms with Gasteiger partial charge in [0.15, 0.2) is 5.96 Å². The second-order valence-electron chi connectivity index (χ2n) is 6.82. The molecule has 1 amide bonds. The monoisotopic (exact) mass is 363 g/mol. The highest BCUT2D eigenvalue weighted by molar-refractivity contribution is 5.80. The van der Waals surface area contributed by atoms with E-state index in [1.54, 1.807) is 6.33 Å². The summed E-state index contributed by atoms with van der Waals surface area (Å²) >= 11 is 0. The van der Waals surface area contributed by atoms with Crippen molar-refractivity contribution in [2.45, 2.75) is 53.0 Å². The van der Waals surface area contributed by atoms with Crippen molar-refractivity contribution in [1.82, 2.24) is 30.3 Å². The molecule has 0 radical (unpaired) electrons. The van der Waals surface area contributed by atoms with Gasteiger partial charge in [0.25, 0.3) is 0 Å². The fourth-order valence-corrected chi connectivity index (χ4v) is 3.21. The van der Waals surface area contributed by atoms with Gasteiger partial charge >= 0.3 is 0 Å². The van der Waals surface area contributed by atoms with Crippen molar-refractivity contribution in [3.05, 3.63) is 12.2 Å². The highest BCUT2D eigenvalue weighted by atomic mass is 16.2. The fraction of sp³-hybridized carbons (Fsp3) is 0.778. The molecule has 1 atom stereocenters. The number of likely N-dealkylation sites (tertiary alicyclic amines) is 1. The topological polar surface area (TPSA) is 87.4 Å². The van der Waals surface area contributed by atoms with Crippen molar-refractivity contribution >= 4 is 11.9 Å². The Morgan fingerprint density at radius 3 is 2.96 bits per heavy atom. The number of hydrogen-bond donors (Lipinski definition) is 2. The third kappa shape index (κ3) is 6.31. The van der Waals surface area contributed by atoms with Gasteiger partial charge in [-0.1, -0.05) is 13.8 Å². The average Bonchev–Trinajstić information content (AvgIpc) is 3.09. The van der Waals surface area contributed by atoms with Crippen LogP contribution in [0.1, 0.15) is 45.9 Å². The van der Waals surface area contributed by atoms with Crippen molar-refractivity contribution in [3.8, 4) is 0 Å². The van der Waals surface area contributed by atoms with Gasteiger partial charge < -0.3 is 20.1 Å². The van der Waals surface area contributed by atoms with Crippen LogP contribution in [-0.4, -0.2) is 64.3 Å². The van der Waals surface area contributed by atoms with Crippen LogP contribution >= 0.6 is 0 Å². The summed E-state index contributed by atoms with van der Waals surface area (Å²) < 4.78 is 2.04. The minimum atomic E-state index is 0.216. The first-order valence-corrected chi connectivity index (χ1v) is 9.80. The number of aryl methyl sites for hydroxylation is 1. The predicted octanol–water partition coefficient (Wildman–Crippen LogP) is 1.04. The average molecular weight is 364 g/mol. The Morgan fingerprint density at radius 2 is 2.23 bits per heavy atom. The van der Waals surface area contributed by atoms with E-state index in [4.69, 9.17) is 0 Å². The van der Waals surface area contributed by atoms with Crippen molar-refractivity contribution < 1.29 is 4.79 Å². The van der Waals surface area contributed by atoms with E-state index in [9.17, 15) is 4.79 Å².